The van der Waals surface area contributed by atoms with Crippen LogP contribution in [0.1, 0.15) is 28.8 Å². The van der Waals surface area contributed by atoms with Gasteiger partial charge in [0, 0.05) is 18.9 Å². The summed E-state index contributed by atoms with van der Waals surface area (Å²) in [5.41, 5.74) is 3.36. The number of aliphatic hydroxyl groups excluding tert-OH is 1. The molecule has 0 aliphatic carbocycles. The normalized spacial score (nSPS) is 19.9. The summed E-state index contributed by atoms with van der Waals surface area (Å²) in [7, 11) is 0. The second kappa shape index (κ2) is 4.28. The molecule has 3 rings (SSSR count). The van der Waals surface area contributed by atoms with E-state index in [4.69, 9.17) is 0 Å². The Bertz CT molecular complexity index is 513. The highest BCUT2D eigenvalue weighted by molar-refractivity contribution is 5.36. The highest BCUT2D eigenvalue weighted by atomic mass is 16.3. The Morgan fingerprint density at radius 2 is 1.94 bits per heavy atom. The predicted molar refractivity (Wildman–Crippen MR) is 65.2 cm³/mol. The summed E-state index contributed by atoms with van der Waals surface area (Å²) in [5, 5.41) is 13.7. The number of benzene rings is 1. The minimum absolute atomic E-state index is 0.0198. The van der Waals surface area contributed by atoms with Crippen LogP contribution in [-0.2, 0) is 6.54 Å². The number of hydrogen-bond donors (Lipinski definition) is 2. The molecular formula is C14H14N2O. The van der Waals surface area contributed by atoms with Gasteiger partial charge < -0.3 is 10.4 Å². The lowest BCUT2D eigenvalue weighted by Crippen LogP contribution is -2.20. The maximum Gasteiger partial charge on any atom is 0.0985 e. The van der Waals surface area contributed by atoms with Crippen molar-refractivity contribution >= 4 is 0 Å². The summed E-state index contributed by atoms with van der Waals surface area (Å²) in [6.07, 6.45) is 2.89. The molecule has 2 heterocycles. The van der Waals surface area contributed by atoms with Gasteiger partial charge in [-0.1, -0.05) is 24.3 Å². The van der Waals surface area contributed by atoms with Crippen LogP contribution in [0.4, 0.5) is 0 Å². The van der Waals surface area contributed by atoms with Crippen molar-refractivity contribution in [3.8, 4) is 0 Å². The van der Waals surface area contributed by atoms with Gasteiger partial charge in [0.1, 0.15) is 0 Å². The third kappa shape index (κ3) is 1.84. The average Bonchev–Trinajstić information content (AvgIpc) is 2.83. The molecule has 0 spiro atoms. The van der Waals surface area contributed by atoms with Crippen LogP contribution in [0.15, 0.2) is 48.8 Å². The fourth-order valence-electron chi connectivity index (χ4n) is 2.36. The molecule has 1 aromatic carbocycles. The van der Waals surface area contributed by atoms with Gasteiger partial charge in [0.15, 0.2) is 0 Å². The minimum Gasteiger partial charge on any atom is -0.386 e. The zero-order valence-corrected chi connectivity index (χ0v) is 9.38. The molecule has 0 saturated heterocycles. The van der Waals surface area contributed by atoms with Gasteiger partial charge in [-0.25, -0.2) is 0 Å². The van der Waals surface area contributed by atoms with Gasteiger partial charge in [-0.15, -0.1) is 0 Å². The second-order valence-corrected chi connectivity index (χ2v) is 4.28. The van der Waals surface area contributed by atoms with Gasteiger partial charge in [0.25, 0.3) is 0 Å². The highest BCUT2D eigenvalue weighted by Crippen LogP contribution is 2.34. The SMILES string of the molecule is OC(c1ccncc1)C1NCc2ccccc21. The first-order chi connectivity index (χ1) is 8.36. The third-order valence-corrected chi connectivity index (χ3v) is 3.27. The minimum atomic E-state index is -0.526. The maximum atomic E-state index is 10.4. The number of hydrogen-bond acceptors (Lipinski definition) is 3. The van der Waals surface area contributed by atoms with Gasteiger partial charge in [0.2, 0.25) is 0 Å². The molecule has 0 saturated carbocycles. The summed E-state index contributed by atoms with van der Waals surface area (Å²) < 4.78 is 0. The molecule has 1 aliphatic rings. The Hall–Kier alpha value is -1.71. The zero-order valence-electron chi connectivity index (χ0n) is 9.38. The van der Waals surface area contributed by atoms with Gasteiger partial charge >= 0.3 is 0 Å². The highest BCUT2D eigenvalue weighted by Gasteiger charge is 2.28. The van der Waals surface area contributed by atoms with Crippen molar-refractivity contribution in [1.29, 1.82) is 0 Å². The number of pyridine rings is 1. The molecule has 86 valence electrons. The lowest BCUT2D eigenvalue weighted by atomic mass is 9.97. The standard InChI is InChI=1S/C14H14N2O/c17-14(10-5-7-15-8-6-10)13-12-4-2-1-3-11(12)9-16-13/h1-8,13-14,16-17H,9H2. The molecular weight excluding hydrogens is 212 g/mol. The number of nitrogens with zero attached hydrogens (tertiary/aromatic N) is 1. The van der Waals surface area contributed by atoms with Crippen LogP contribution in [0.25, 0.3) is 0 Å². The van der Waals surface area contributed by atoms with E-state index in [1.165, 1.54) is 11.1 Å². The summed E-state index contributed by atoms with van der Waals surface area (Å²) in [6, 6.07) is 11.9. The van der Waals surface area contributed by atoms with E-state index in [0.29, 0.717) is 0 Å². The van der Waals surface area contributed by atoms with Crippen molar-refractivity contribution in [1.82, 2.24) is 10.3 Å². The summed E-state index contributed by atoms with van der Waals surface area (Å²) in [4.78, 5) is 3.97. The number of rotatable bonds is 2. The number of aromatic nitrogens is 1. The molecule has 3 nitrogen and oxygen atoms in total. The first-order valence-corrected chi connectivity index (χ1v) is 5.75. The van der Waals surface area contributed by atoms with Gasteiger partial charge in [0.05, 0.1) is 12.1 Å². The largest absolute Gasteiger partial charge is 0.386 e. The fourth-order valence-corrected chi connectivity index (χ4v) is 2.36. The molecule has 0 fully saturated rings. The quantitative estimate of drug-likeness (QED) is 0.822. The van der Waals surface area contributed by atoms with E-state index in [1.807, 2.05) is 24.3 Å². The van der Waals surface area contributed by atoms with Gasteiger partial charge in [-0.05, 0) is 28.8 Å². The van der Waals surface area contributed by atoms with Crippen molar-refractivity contribution < 1.29 is 5.11 Å². The molecule has 2 unspecified atom stereocenters. The lowest BCUT2D eigenvalue weighted by molar-refractivity contribution is 0.133. The lowest BCUT2D eigenvalue weighted by Gasteiger charge is -2.19. The molecule has 17 heavy (non-hydrogen) atoms. The van der Waals surface area contributed by atoms with Crippen molar-refractivity contribution in [3.05, 3.63) is 65.5 Å². The molecule has 2 aromatic rings. The van der Waals surface area contributed by atoms with E-state index >= 15 is 0 Å². The number of aliphatic hydroxyl groups is 1. The van der Waals surface area contributed by atoms with Crippen LogP contribution in [0.2, 0.25) is 0 Å². The van der Waals surface area contributed by atoms with Crippen molar-refractivity contribution in [2.24, 2.45) is 0 Å². The first kappa shape index (κ1) is 10.4. The van der Waals surface area contributed by atoms with Crippen LogP contribution in [0, 0.1) is 0 Å². The number of nitrogens with one attached hydrogen (secondary N) is 1. The molecule has 1 aliphatic heterocycles. The van der Waals surface area contributed by atoms with E-state index in [2.05, 4.69) is 22.4 Å². The van der Waals surface area contributed by atoms with Crippen molar-refractivity contribution in [3.63, 3.8) is 0 Å². The molecule has 3 heteroatoms. The molecule has 0 radical (unpaired) electrons. The van der Waals surface area contributed by atoms with Crippen LogP contribution >= 0.6 is 0 Å². The molecule has 2 N–H and O–H groups in total. The number of fused-ring (bicyclic) bond motifs is 1. The van der Waals surface area contributed by atoms with E-state index < -0.39 is 6.10 Å². The Morgan fingerprint density at radius 1 is 1.18 bits per heavy atom. The smallest absolute Gasteiger partial charge is 0.0985 e. The Labute approximate surface area is 100 Å². The average molecular weight is 226 g/mol. The van der Waals surface area contributed by atoms with Crippen LogP contribution < -0.4 is 5.32 Å². The van der Waals surface area contributed by atoms with E-state index in [-0.39, 0.29) is 6.04 Å². The van der Waals surface area contributed by atoms with Crippen LogP contribution in [0.5, 0.6) is 0 Å². The van der Waals surface area contributed by atoms with Crippen LogP contribution in [0.3, 0.4) is 0 Å². The van der Waals surface area contributed by atoms with Gasteiger partial charge in [-0.2, -0.15) is 0 Å². The second-order valence-electron chi connectivity index (χ2n) is 4.28. The third-order valence-electron chi connectivity index (χ3n) is 3.27. The topological polar surface area (TPSA) is 45.2 Å². The summed E-state index contributed by atoms with van der Waals surface area (Å²) >= 11 is 0. The van der Waals surface area contributed by atoms with Gasteiger partial charge in [-0.3, -0.25) is 4.98 Å². The van der Waals surface area contributed by atoms with E-state index in [9.17, 15) is 5.11 Å². The summed E-state index contributed by atoms with van der Waals surface area (Å²) in [5.74, 6) is 0. The van der Waals surface area contributed by atoms with E-state index in [1.54, 1.807) is 12.4 Å². The Morgan fingerprint density at radius 3 is 2.76 bits per heavy atom. The Kier molecular flexibility index (Phi) is 2.63. The molecule has 0 bridgehead atoms. The Balaban J connectivity index is 1.92. The molecule has 1 aromatic heterocycles. The van der Waals surface area contributed by atoms with Crippen LogP contribution in [-0.4, -0.2) is 10.1 Å². The molecule has 0 amide bonds. The van der Waals surface area contributed by atoms with Crippen molar-refractivity contribution in [2.75, 3.05) is 0 Å². The zero-order chi connectivity index (χ0) is 11.7. The predicted octanol–water partition coefficient (Wildman–Crippen LogP) is 1.96. The fraction of sp³-hybridized carbons (Fsp3) is 0.214. The summed E-state index contributed by atoms with van der Waals surface area (Å²) in [6.45, 7) is 0.822. The van der Waals surface area contributed by atoms with E-state index in [0.717, 1.165) is 12.1 Å². The first-order valence-electron chi connectivity index (χ1n) is 5.75. The monoisotopic (exact) mass is 226 g/mol. The van der Waals surface area contributed by atoms with Crippen molar-refractivity contribution in [2.45, 2.75) is 18.7 Å². The maximum absolute atomic E-state index is 10.4. The molecule has 2 atom stereocenters.